The number of ether oxygens (including phenoxy) is 4. The first-order valence-corrected chi connectivity index (χ1v) is 18.5. The maximum atomic E-state index is 14.2. The Morgan fingerprint density at radius 3 is 0.804 bits per heavy atom. The molecule has 4 aliphatic carbocycles. The van der Waals surface area contributed by atoms with Gasteiger partial charge in [0, 0.05) is 0 Å². The fraction of sp³-hybridized carbons (Fsp3) is 0.737. The van der Waals surface area contributed by atoms with Crippen LogP contribution < -0.4 is 0 Å². The highest BCUT2D eigenvalue weighted by Gasteiger charge is 2.36. The van der Waals surface area contributed by atoms with Crippen molar-refractivity contribution in [2.75, 3.05) is 0 Å². The van der Waals surface area contributed by atoms with Crippen LogP contribution in [0.4, 0.5) is 0 Å². The predicted molar refractivity (Wildman–Crippen MR) is 174 cm³/mol. The van der Waals surface area contributed by atoms with Crippen LogP contribution in [0, 0.1) is 0 Å². The lowest BCUT2D eigenvalue weighted by atomic mass is 9.94. The molecule has 0 radical (unpaired) electrons. The molecule has 4 aliphatic rings. The summed E-state index contributed by atoms with van der Waals surface area (Å²) in [5.41, 5.74) is -0.558. The Morgan fingerprint density at radius 1 is 0.348 bits per heavy atom. The third kappa shape index (κ3) is 9.80. The average molecular weight is 639 g/mol. The van der Waals surface area contributed by atoms with Gasteiger partial charge in [-0.2, -0.15) is 0 Å². The Hall–Kier alpha value is -2.90. The molecule has 8 nitrogen and oxygen atoms in total. The van der Waals surface area contributed by atoms with Crippen LogP contribution >= 0.6 is 0 Å². The maximum absolute atomic E-state index is 14.2. The summed E-state index contributed by atoms with van der Waals surface area (Å²) < 4.78 is 24.1. The minimum absolute atomic E-state index is 0.0540. The molecule has 1 aromatic rings. The van der Waals surface area contributed by atoms with Crippen molar-refractivity contribution in [1.29, 1.82) is 0 Å². The molecule has 46 heavy (non-hydrogen) atoms. The fourth-order valence-electron chi connectivity index (χ4n) is 7.66. The first kappa shape index (κ1) is 34.4. The summed E-state index contributed by atoms with van der Waals surface area (Å²) in [6, 6.07) is 2.88. The predicted octanol–water partition coefficient (Wildman–Crippen LogP) is 9.21. The van der Waals surface area contributed by atoms with Gasteiger partial charge in [0.15, 0.2) is 0 Å². The van der Waals surface area contributed by atoms with E-state index in [1.165, 1.54) is 12.1 Å². The van der Waals surface area contributed by atoms with Gasteiger partial charge in [0.05, 0.1) is 22.3 Å². The highest BCUT2D eigenvalue weighted by Crippen LogP contribution is 2.31. The summed E-state index contributed by atoms with van der Waals surface area (Å²) in [4.78, 5) is 56.1. The van der Waals surface area contributed by atoms with E-state index in [1.54, 1.807) is 0 Å². The lowest BCUT2D eigenvalue weighted by Gasteiger charge is -2.23. The van der Waals surface area contributed by atoms with Crippen molar-refractivity contribution in [1.82, 2.24) is 0 Å². The van der Waals surface area contributed by atoms with E-state index < -0.39 is 23.9 Å². The molecule has 0 aromatic heterocycles. The van der Waals surface area contributed by atoms with Gasteiger partial charge in [-0.05, 0) is 115 Å². The van der Waals surface area contributed by atoms with Crippen LogP contribution in [0.5, 0.6) is 0 Å². The van der Waals surface area contributed by atoms with Gasteiger partial charge in [0.1, 0.15) is 24.4 Å². The fourth-order valence-corrected chi connectivity index (χ4v) is 7.66. The van der Waals surface area contributed by atoms with Gasteiger partial charge in [0.2, 0.25) is 0 Å². The summed E-state index contributed by atoms with van der Waals surface area (Å²) in [6.45, 7) is 0. The maximum Gasteiger partial charge on any atom is 0.340 e. The van der Waals surface area contributed by atoms with Gasteiger partial charge < -0.3 is 18.9 Å². The van der Waals surface area contributed by atoms with E-state index in [0.717, 1.165) is 154 Å². The first-order chi connectivity index (χ1) is 22.5. The van der Waals surface area contributed by atoms with E-state index in [9.17, 15) is 19.2 Å². The van der Waals surface area contributed by atoms with Crippen molar-refractivity contribution in [2.24, 2.45) is 0 Å². The van der Waals surface area contributed by atoms with Crippen molar-refractivity contribution in [3.63, 3.8) is 0 Å². The van der Waals surface area contributed by atoms with E-state index in [4.69, 9.17) is 18.9 Å². The minimum atomic E-state index is -0.781. The van der Waals surface area contributed by atoms with E-state index in [-0.39, 0.29) is 46.7 Å². The molecule has 0 amide bonds. The molecular formula is C38H54O8. The molecule has 0 bridgehead atoms. The zero-order valence-corrected chi connectivity index (χ0v) is 27.7. The summed E-state index contributed by atoms with van der Waals surface area (Å²) in [7, 11) is 0. The Bertz CT molecular complexity index is 1070. The molecule has 0 unspecified atom stereocenters. The lowest BCUT2D eigenvalue weighted by molar-refractivity contribution is 0.0183. The van der Waals surface area contributed by atoms with Crippen molar-refractivity contribution in [3.05, 3.63) is 34.4 Å². The molecule has 254 valence electrons. The highest BCUT2D eigenvalue weighted by molar-refractivity contribution is 6.15. The molecule has 0 heterocycles. The molecular weight excluding hydrogens is 584 g/mol. The van der Waals surface area contributed by atoms with E-state index in [1.807, 2.05) is 0 Å². The van der Waals surface area contributed by atoms with E-state index in [2.05, 4.69) is 0 Å². The summed E-state index contributed by atoms with van der Waals surface area (Å²) in [6.07, 6.45) is 21.1. The molecule has 0 aliphatic heterocycles. The van der Waals surface area contributed by atoms with Crippen LogP contribution in [-0.4, -0.2) is 48.3 Å². The Morgan fingerprint density at radius 2 is 0.565 bits per heavy atom. The van der Waals surface area contributed by atoms with Crippen LogP contribution in [0.1, 0.15) is 196 Å². The largest absolute Gasteiger partial charge is 0.459 e. The molecule has 4 saturated carbocycles. The topological polar surface area (TPSA) is 105 Å². The third-order valence-electron chi connectivity index (χ3n) is 10.4. The van der Waals surface area contributed by atoms with Gasteiger partial charge in [0.25, 0.3) is 0 Å². The first-order valence-electron chi connectivity index (χ1n) is 18.5. The third-order valence-corrected chi connectivity index (χ3v) is 10.4. The molecule has 0 atom stereocenters. The zero-order chi connectivity index (χ0) is 32.1. The smallest absolute Gasteiger partial charge is 0.340 e. The standard InChI is InChI=1S/C38H54O8/c39-35(43-27-17-9-1-2-10-18-27)31-25-26-32(36(40)44-28-19-11-3-4-12-20-28)34(38(42)46-30-23-15-7-8-16-24-30)33(31)37(41)45-29-21-13-5-6-14-22-29/h25-30H,1-24H2. The summed E-state index contributed by atoms with van der Waals surface area (Å²) in [5, 5.41) is 0. The number of benzene rings is 1. The monoisotopic (exact) mass is 638 g/mol. The second kappa shape index (κ2) is 17.9. The van der Waals surface area contributed by atoms with Crippen LogP contribution in [0.3, 0.4) is 0 Å². The zero-order valence-electron chi connectivity index (χ0n) is 27.7. The molecule has 8 heteroatoms. The molecule has 0 spiro atoms. The van der Waals surface area contributed by atoms with Gasteiger partial charge in [-0.15, -0.1) is 0 Å². The lowest BCUT2D eigenvalue weighted by Crippen LogP contribution is -2.29. The quantitative estimate of drug-likeness (QED) is 0.158. The van der Waals surface area contributed by atoms with Gasteiger partial charge in [-0.25, -0.2) is 19.2 Å². The van der Waals surface area contributed by atoms with Gasteiger partial charge in [-0.1, -0.05) is 51.4 Å². The van der Waals surface area contributed by atoms with Crippen molar-refractivity contribution < 1.29 is 38.1 Å². The number of hydrogen-bond donors (Lipinski definition) is 0. The summed E-state index contributed by atoms with van der Waals surface area (Å²) in [5.74, 6) is -2.91. The SMILES string of the molecule is O=C(OC1CCCCCC1)c1ccc(C(=O)OC2CCCCCC2)c(C(=O)OC2CCCCCC2)c1C(=O)OC1CCCCCC1. The van der Waals surface area contributed by atoms with Crippen LogP contribution in [0.15, 0.2) is 12.1 Å². The number of rotatable bonds is 8. The Kier molecular flexibility index (Phi) is 13.4. The molecule has 5 rings (SSSR count). The molecule has 0 saturated heterocycles. The van der Waals surface area contributed by atoms with Crippen LogP contribution in [0.25, 0.3) is 0 Å². The number of esters is 4. The Balaban J connectivity index is 1.53. The van der Waals surface area contributed by atoms with Crippen molar-refractivity contribution in [3.8, 4) is 0 Å². The van der Waals surface area contributed by atoms with E-state index in [0.29, 0.717) is 0 Å². The molecule has 0 N–H and O–H groups in total. The second-order valence-electron chi connectivity index (χ2n) is 14.0. The summed E-state index contributed by atoms with van der Waals surface area (Å²) >= 11 is 0. The normalized spacial score (nSPS) is 21.6. The van der Waals surface area contributed by atoms with E-state index >= 15 is 0 Å². The van der Waals surface area contributed by atoms with Gasteiger partial charge >= 0.3 is 23.9 Å². The second-order valence-corrected chi connectivity index (χ2v) is 14.0. The minimum Gasteiger partial charge on any atom is -0.459 e. The Labute approximate surface area is 274 Å². The van der Waals surface area contributed by atoms with Crippen molar-refractivity contribution in [2.45, 2.75) is 179 Å². The highest BCUT2D eigenvalue weighted by atomic mass is 16.6. The molecule has 1 aromatic carbocycles. The number of carbonyl (C=O) groups excluding carboxylic acids is 4. The average Bonchev–Trinajstić information content (AvgIpc) is 3.66. The van der Waals surface area contributed by atoms with Crippen molar-refractivity contribution >= 4 is 23.9 Å². The number of carbonyl (C=O) groups is 4. The van der Waals surface area contributed by atoms with Gasteiger partial charge in [-0.3, -0.25) is 0 Å². The number of hydrogen-bond acceptors (Lipinski definition) is 8. The van der Waals surface area contributed by atoms with Crippen LogP contribution in [0.2, 0.25) is 0 Å². The molecule has 4 fully saturated rings. The van der Waals surface area contributed by atoms with Crippen LogP contribution in [-0.2, 0) is 18.9 Å².